The molecule has 1 aromatic carbocycles. The summed E-state index contributed by atoms with van der Waals surface area (Å²) < 4.78 is 0. The molecule has 2 aliphatic carbocycles. The van der Waals surface area contributed by atoms with E-state index in [0.29, 0.717) is 12.5 Å². The van der Waals surface area contributed by atoms with Crippen molar-refractivity contribution in [3.63, 3.8) is 0 Å². The summed E-state index contributed by atoms with van der Waals surface area (Å²) in [5.41, 5.74) is 7.27. The molecule has 5 nitrogen and oxygen atoms in total. The smallest absolute Gasteiger partial charge is 0.227 e. The van der Waals surface area contributed by atoms with Gasteiger partial charge in [0, 0.05) is 23.2 Å². The number of benzene rings is 1. The van der Waals surface area contributed by atoms with Crippen LogP contribution in [0.25, 0.3) is 0 Å². The molecule has 2 atom stereocenters. The van der Waals surface area contributed by atoms with Crippen LogP contribution in [0.1, 0.15) is 32.1 Å². The molecular formula is C17H23N3O2. The van der Waals surface area contributed by atoms with Crippen molar-refractivity contribution in [2.24, 2.45) is 23.5 Å². The van der Waals surface area contributed by atoms with E-state index >= 15 is 0 Å². The molecule has 0 spiro atoms. The second kappa shape index (κ2) is 6.48. The number of rotatable bonds is 5. The van der Waals surface area contributed by atoms with Gasteiger partial charge in [-0.05, 0) is 62.4 Å². The van der Waals surface area contributed by atoms with Gasteiger partial charge in [-0.2, -0.15) is 0 Å². The fourth-order valence-corrected chi connectivity index (χ4v) is 3.13. The lowest BCUT2D eigenvalue weighted by atomic mass is 9.95. The van der Waals surface area contributed by atoms with Crippen molar-refractivity contribution in [3.05, 3.63) is 24.3 Å². The van der Waals surface area contributed by atoms with Gasteiger partial charge in [-0.15, -0.1) is 0 Å². The second-order valence-electron chi connectivity index (χ2n) is 6.36. The topological polar surface area (TPSA) is 84.2 Å². The summed E-state index contributed by atoms with van der Waals surface area (Å²) in [7, 11) is 0. The molecule has 118 valence electrons. The Bertz CT molecular complexity index is 552. The zero-order valence-corrected chi connectivity index (χ0v) is 12.7. The normalized spacial score (nSPS) is 24.0. The van der Waals surface area contributed by atoms with Gasteiger partial charge in [-0.25, -0.2) is 0 Å². The van der Waals surface area contributed by atoms with E-state index in [2.05, 4.69) is 10.6 Å². The number of carbonyl (C=O) groups excluding carboxylic acids is 2. The third-order valence-corrected chi connectivity index (χ3v) is 4.67. The number of nitrogens with two attached hydrogens (primary N) is 1. The summed E-state index contributed by atoms with van der Waals surface area (Å²) in [5.74, 6) is 0.669. The third-order valence-electron chi connectivity index (χ3n) is 4.67. The lowest BCUT2D eigenvalue weighted by Gasteiger charge is -2.17. The molecule has 0 bridgehead atoms. The molecule has 2 fully saturated rings. The molecule has 2 aliphatic rings. The van der Waals surface area contributed by atoms with E-state index in [0.717, 1.165) is 43.5 Å². The Labute approximate surface area is 130 Å². The third kappa shape index (κ3) is 3.47. The number of carbonyl (C=O) groups is 2. The van der Waals surface area contributed by atoms with Crippen molar-refractivity contribution in [2.45, 2.75) is 32.1 Å². The van der Waals surface area contributed by atoms with Crippen LogP contribution < -0.4 is 16.4 Å². The van der Waals surface area contributed by atoms with Gasteiger partial charge in [0.2, 0.25) is 11.8 Å². The van der Waals surface area contributed by atoms with E-state index < -0.39 is 0 Å². The standard InChI is InChI=1S/C17H23N3O2/c18-10-12-2-1-3-15(12)17(22)20-14-8-6-13(7-9-14)19-16(21)11-4-5-11/h6-9,11-12,15H,1-5,10,18H2,(H,19,21)(H,20,22)/t12-,15-/m1/s1. The summed E-state index contributed by atoms with van der Waals surface area (Å²) in [4.78, 5) is 24.0. The van der Waals surface area contributed by atoms with Gasteiger partial charge >= 0.3 is 0 Å². The van der Waals surface area contributed by atoms with Crippen LogP contribution >= 0.6 is 0 Å². The number of nitrogens with one attached hydrogen (secondary N) is 2. The summed E-state index contributed by atoms with van der Waals surface area (Å²) in [6.45, 7) is 0.574. The Balaban J connectivity index is 1.56. The maximum atomic E-state index is 12.3. The van der Waals surface area contributed by atoms with Gasteiger partial charge in [0.05, 0.1) is 0 Å². The first-order valence-corrected chi connectivity index (χ1v) is 8.09. The summed E-state index contributed by atoms with van der Waals surface area (Å²) >= 11 is 0. The van der Waals surface area contributed by atoms with Crippen molar-refractivity contribution >= 4 is 23.2 Å². The first-order chi connectivity index (χ1) is 10.7. The van der Waals surface area contributed by atoms with E-state index in [1.165, 1.54) is 0 Å². The van der Waals surface area contributed by atoms with E-state index in [1.54, 1.807) is 0 Å². The highest BCUT2D eigenvalue weighted by atomic mass is 16.2. The van der Waals surface area contributed by atoms with Crippen LogP contribution in [0.15, 0.2) is 24.3 Å². The Kier molecular flexibility index (Phi) is 4.43. The van der Waals surface area contributed by atoms with Gasteiger partial charge in [0.15, 0.2) is 0 Å². The zero-order valence-electron chi connectivity index (χ0n) is 12.7. The van der Waals surface area contributed by atoms with Crippen molar-refractivity contribution in [2.75, 3.05) is 17.2 Å². The number of amides is 2. The lowest BCUT2D eigenvalue weighted by Crippen LogP contribution is -2.29. The van der Waals surface area contributed by atoms with E-state index in [9.17, 15) is 9.59 Å². The minimum Gasteiger partial charge on any atom is -0.330 e. The van der Waals surface area contributed by atoms with Crippen LogP contribution in [0.3, 0.4) is 0 Å². The Morgan fingerprint density at radius 1 is 0.955 bits per heavy atom. The fraction of sp³-hybridized carbons (Fsp3) is 0.529. The molecule has 2 amide bonds. The predicted octanol–water partition coefficient (Wildman–Crippen LogP) is 2.35. The van der Waals surface area contributed by atoms with Crippen LogP contribution in [0.4, 0.5) is 11.4 Å². The van der Waals surface area contributed by atoms with Gasteiger partial charge in [0.1, 0.15) is 0 Å². The molecular weight excluding hydrogens is 278 g/mol. The van der Waals surface area contributed by atoms with Gasteiger partial charge in [-0.3, -0.25) is 9.59 Å². The van der Waals surface area contributed by atoms with Crippen molar-refractivity contribution in [1.82, 2.24) is 0 Å². The summed E-state index contributed by atoms with van der Waals surface area (Å²) in [6, 6.07) is 7.30. The number of anilines is 2. The van der Waals surface area contributed by atoms with E-state index in [-0.39, 0.29) is 23.7 Å². The highest BCUT2D eigenvalue weighted by molar-refractivity contribution is 5.95. The average molecular weight is 301 g/mol. The highest BCUT2D eigenvalue weighted by Gasteiger charge is 2.32. The molecule has 4 N–H and O–H groups in total. The fourth-order valence-electron chi connectivity index (χ4n) is 3.13. The molecule has 0 heterocycles. The maximum absolute atomic E-state index is 12.3. The quantitative estimate of drug-likeness (QED) is 0.780. The SMILES string of the molecule is NC[C@H]1CCC[C@H]1C(=O)Nc1ccc(NC(=O)C2CC2)cc1. The van der Waals surface area contributed by atoms with Gasteiger partial charge < -0.3 is 16.4 Å². The van der Waals surface area contributed by atoms with Crippen LogP contribution in [0.5, 0.6) is 0 Å². The van der Waals surface area contributed by atoms with Crippen LogP contribution in [0, 0.1) is 17.8 Å². The van der Waals surface area contributed by atoms with Crippen LogP contribution in [0.2, 0.25) is 0 Å². The van der Waals surface area contributed by atoms with Gasteiger partial charge in [-0.1, -0.05) is 6.42 Å². The minimum absolute atomic E-state index is 0.0271. The molecule has 1 aromatic rings. The van der Waals surface area contributed by atoms with Gasteiger partial charge in [0.25, 0.3) is 0 Å². The Morgan fingerprint density at radius 3 is 2.09 bits per heavy atom. The number of hydrogen-bond donors (Lipinski definition) is 3. The lowest BCUT2D eigenvalue weighted by molar-refractivity contribution is -0.120. The summed E-state index contributed by atoms with van der Waals surface area (Å²) in [6.07, 6.45) is 5.02. The zero-order chi connectivity index (χ0) is 15.5. The summed E-state index contributed by atoms with van der Waals surface area (Å²) in [5, 5.41) is 5.84. The van der Waals surface area contributed by atoms with Crippen LogP contribution in [-0.2, 0) is 9.59 Å². The number of hydrogen-bond acceptors (Lipinski definition) is 3. The predicted molar refractivity (Wildman–Crippen MR) is 86.3 cm³/mol. The molecule has 3 rings (SSSR count). The molecule has 0 aliphatic heterocycles. The molecule has 22 heavy (non-hydrogen) atoms. The minimum atomic E-state index is 0.0271. The molecule has 0 aromatic heterocycles. The van der Waals surface area contributed by atoms with Crippen LogP contribution in [-0.4, -0.2) is 18.4 Å². The first-order valence-electron chi connectivity index (χ1n) is 8.09. The molecule has 0 saturated heterocycles. The first kappa shape index (κ1) is 15.0. The monoisotopic (exact) mass is 301 g/mol. The van der Waals surface area contributed by atoms with E-state index in [1.807, 2.05) is 24.3 Å². The maximum Gasteiger partial charge on any atom is 0.227 e. The average Bonchev–Trinajstić information content (AvgIpc) is 3.26. The molecule has 5 heteroatoms. The van der Waals surface area contributed by atoms with E-state index in [4.69, 9.17) is 5.73 Å². The van der Waals surface area contributed by atoms with Crippen molar-refractivity contribution in [1.29, 1.82) is 0 Å². The molecule has 0 unspecified atom stereocenters. The largest absolute Gasteiger partial charge is 0.330 e. The second-order valence-corrected chi connectivity index (χ2v) is 6.36. The molecule has 2 saturated carbocycles. The molecule has 0 radical (unpaired) electrons. The Hall–Kier alpha value is -1.88. The van der Waals surface area contributed by atoms with Crippen molar-refractivity contribution < 1.29 is 9.59 Å². The highest BCUT2D eigenvalue weighted by Crippen LogP contribution is 2.32. The van der Waals surface area contributed by atoms with Crippen molar-refractivity contribution in [3.8, 4) is 0 Å². The Morgan fingerprint density at radius 2 is 1.55 bits per heavy atom.